The minimum Gasteiger partial charge on any atom is -0.480 e. The predicted molar refractivity (Wildman–Crippen MR) is 98.7 cm³/mol. The van der Waals surface area contributed by atoms with Crippen molar-refractivity contribution in [2.75, 3.05) is 0 Å². The number of carboxylic acids is 1. The van der Waals surface area contributed by atoms with Crippen LogP contribution < -0.4 is 10.6 Å². The van der Waals surface area contributed by atoms with Gasteiger partial charge in [-0.2, -0.15) is 0 Å². The van der Waals surface area contributed by atoms with Crippen molar-refractivity contribution in [3.05, 3.63) is 35.9 Å². The minimum absolute atomic E-state index is 0.372. The third-order valence-electron chi connectivity index (χ3n) is 4.72. The van der Waals surface area contributed by atoms with Crippen LogP contribution >= 0.6 is 11.8 Å². The summed E-state index contributed by atoms with van der Waals surface area (Å²) in [7, 11) is 0. The second-order valence-electron chi connectivity index (χ2n) is 7.13. The number of β-lactam (4-membered cyclic amide) rings is 1. The molecular weight excluding hydrogens is 370 g/mol. The van der Waals surface area contributed by atoms with Gasteiger partial charge in [0.2, 0.25) is 17.7 Å². The number of carboxylic acid groups (broad SMARTS) is 1. The first-order chi connectivity index (χ1) is 12.6. The van der Waals surface area contributed by atoms with Crippen LogP contribution in [0.1, 0.15) is 32.4 Å². The molecular formula is C18H21N3O5S. The third kappa shape index (κ3) is 3.39. The van der Waals surface area contributed by atoms with Crippen molar-refractivity contribution in [3.8, 4) is 0 Å². The van der Waals surface area contributed by atoms with E-state index in [-0.39, 0.29) is 5.91 Å². The summed E-state index contributed by atoms with van der Waals surface area (Å²) in [4.78, 5) is 49.7. The van der Waals surface area contributed by atoms with Crippen LogP contribution in [-0.4, -0.2) is 55.9 Å². The van der Waals surface area contributed by atoms with Gasteiger partial charge in [-0.3, -0.25) is 14.4 Å². The smallest absolute Gasteiger partial charge is 0.327 e. The number of benzene rings is 1. The van der Waals surface area contributed by atoms with Crippen molar-refractivity contribution >= 4 is 35.5 Å². The quantitative estimate of drug-likeness (QED) is 0.630. The summed E-state index contributed by atoms with van der Waals surface area (Å²) in [6.07, 6.45) is 0. The van der Waals surface area contributed by atoms with E-state index >= 15 is 0 Å². The third-order valence-corrected chi connectivity index (χ3v) is 6.29. The Morgan fingerprint density at radius 1 is 1.22 bits per heavy atom. The highest BCUT2D eigenvalue weighted by Crippen LogP contribution is 2.50. The first-order valence-corrected chi connectivity index (χ1v) is 9.36. The Morgan fingerprint density at radius 2 is 1.85 bits per heavy atom. The normalized spacial score (nSPS) is 26.6. The van der Waals surface area contributed by atoms with Crippen LogP contribution in [0.5, 0.6) is 0 Å². The predicted octanol–water partition coefficient (Wildman–Crippen LogP) is 0.496. The van der Waals surface area contributed by atoms with E-state index in [1.165, 1.54) is 23.6 Å². The number of fused-ring (bicyclic) bond motifs is 1. The lowest BCUT2D eigenvalue weighted by Gasteiger charge is -2.44. The van der Waals surface area contributed by atoms with Gasteiger partial charge in [0.15, 0.2) is 0 Å². The summed E-state index contributed by atoms with van der Waals surface area (Å²) < 4.78 is -0.665. The monoisotopic (exact) mass is 391 g/mol. The molecule has 0 aromatic heterocycles. The van der Waals surface area contributed by atoms with Crippen molar-refractivity contribution in [2.45, 2.75) is 49.0 Å². The van der Waals surface area contributed by atoms with Gasteiger partial charge in [-0.15, -0.1) is 11.8 Å². The highest BCUT2D eigenvalue weighted by atomic mass is 32.2. The van der Waals surface area contributed by atoms with Gasteiger partial charge in [-0.05, 0) is 19.4 Å². The summed E-state index contributed by atoms with van der Waals surface area (Å²) in [5.41, 5.74) is 0.594. The Labute approximate surface area is 160 Å². The minimum atomic E-state index is -1.06. The Morgan fingerprint density at radius 3 is 2.41 bits per heavy atom. The molecule has 0 bridgehead atoms. The molecule has 3 rings (SSSR count). The molecule has 3 N–H and O–H groups in total. The van der Waals surface area contributed by atoms with Crippen molar-refractivity contribution in [3.63, 3.8) is 0 Å². The van der Waals surface area contributed by atoms with Crippen LogP contribution in [0, 0.1) is 0 Å². The largest absolute Gasteiger partial charge is 0.480 e. The van der Waals surface area contributed by atoms with E-state index in [0.717, 1.165) is 0 Å². The van der Waals surface area contributed by atoms with Gasteiger partial charge in [0, 0.05) is 11.7 Å². The lowest BCUT2D eigenvalue weighted by molar-refractivity contribution is -0.161. The SMILES string of the molecule is CC(=O)NC(C(=O)NC1C(=O)N2[C@@H]1SC(C)(C)[C@@H]2C(=O)O)c1ccccc1. The van der Waals surface area contributed by atoms with Crippen LogP contribution in [0.25, 0.3) is 0 Å². The number of rotatable bonds is 5. The summed E-state index contributed by atoms with van der Waals surface area (Å²) in [5.74, 6) is -2.36. The van der Waals surface area contributed by atoms with E-state index in [0.29, 0.717) is 5.56 Å². The van der Waals surface area contributed by atoms with Crippen LogP contribution in [0.4, 0.5) is 0 Å². The molecule has 2 heterocycles. The molecule has 8 nitrogen and oxygen atoms in total. The highest BCUT2D eigenvalue weighted by Gasteiger charge is 2.64. The molecule has 0 radical (unpaired) electrons. The van der Waals surface area contributed by atoms with Gasteiger partial charge >= 0.3 is 5.97 Å². The molecule has 1 aromatic rings. The first-order valence-electron chi connectivity index (χ1n) is 8.48. The van der Waals surface area contributed by atoms with E-state index in [9.17, 15) is 24.3 Å². The fourth-order valence-electron chi connectivity index (χ4n) is 3.53. The van der Waals surface area contributed by atoms with E-state index in [1.807, 2.05) is 0 Å². The maximum absolute atomic E-state index is 12.8. The Bertz CT molecular complexity index is 797. The summed E-state index contributed by atoms with van der Waals surface area (Å²) in [6, 6.07) is 6.04. The highest BCUT2D eigenvalue weighted by molar-refractivity contribution is 8.01. The number of aliphatic carboxylic acids is 1. The summed E-state index contributed by atoms with van der Waals surface area (Å²) in [5, 5.41) is 14.3. The van der Waals surface area contributed by atoms with E-state index < -0.39 is 46.0 Å². The molecule has 2 saturated heterocycles. The number of carbonyl (C=O) groups is 4. The van der Waals surface area contributed by atoms with Gasteiger partial charge in [0.1, 0.15) is 23.5 Å². The standard InChI is InChI=1S/C18H21N3O5S/c1-9(22)19-11(10-7-5-4-6-8-10)14(23)20-12-15(24)21-13(17(25)26)18(2,3)27-16(12)21/h4-8,11-13,16H,1-3H3,(H,19,22)(H,20,23)(H,25,26)/t11?,12?,13-,16+/m0/s1. The van der Waals surface area contributed by atoms with Crippen molar-refractivity contribution < 1.29 is 24.3 Å². The van der Waals surface area contributed by atoms with Gasteiger partial charge in [-0.1, -0.05) is 30.3 Å². The summed E-state index contributed by atoms with van der Waals surface area (Å²) in [6.45, 7) is 4.85. The number of carbonyl (C=O) groups excluding carboxylic acids is 3. The second-order valence-corrected chi connectivity index (χ2v) is 8.90. The molecule has 144 valence electrons. The molecule has 3 amide bonds. The lowest BCUT2D eigenvalue weighted by atomic mass is 9.95. The van der Waals surface area contributed by atoms with Gasteiger partial charge in [0.25, 0.3) is 0 Å². The number of nitrogens with zero attached hydrogens (tertiary/aromatic N) is 1. The zero-order valence-electron chi connectivity index (χ0n) is 15.1. The molecule has 0 saturated carbocycles. The first kappa shape index (κ1) is 19.2. The Kier molecular flexibility index (Phi) is 4.90. The topological polar surface area (TPSA) is 116 Å². The number of thioether (sulfide) groups is 1. The number of nitrogens with one attached hydrogen (secondary N) is 2. The van der Waals surface area contributed by atoms with Gasteiger partial charge in [0.05, 0.1) is 0 Å². The zero-order valence-corrected chi connectivity index (χ0v) is 15.9. The maximum Gasteiger partial charge on any atom is 0.327 e. The zero-order chi connectivity index (χ0) is 19.9. The number of hydrogen-bond donors (Lipinski definition) is 3. The van der Waals surface area contributed by atoms with Crippen molar-refractivity contribution in [2.24, 2.45) is 0 Å². The van der Waals surface area contributed by atoms with E-state index in [4.69, 9.17) is 0 Å². The van der Waals surface area contributed by atoms with Crippen LogP contribution in [0.2, 0.25) is 0 Å². The molecule has 4 atom stereocenters. The molecule has 2 aliphatic rings. The van der Waals surface area contributed by atoms with Crippen LogP contribution in [-0.2, 0) is 19.2 Å². The fraction of sp³-hybridized carbons (Fsp3) is 0.444. The Balaban J connectivity index is 1.77. The molecule has 27 heavy (non-hydrogen) atoms. The number of amides is 3. The fourth-order valence-corrected chi connectivity index (χ4v) is 5.16. The van der Waals surface area contributed by atoms with Gasteiger partial charge < -0.3 is 20.6 Å². The lowest BCUT2D eigenvalue weighted by Crippen LogP contribution is -2.71. The molecule has 0 spiro atoms. The van der Waals surface area contributed by atoms with Crippen LogP contribution in [0.15, 0.2) is 30.3 Å². The average Bonchev–Trinajstić information content (AvgIpc) is 2.86. The van der Waals surface area contributed by atoms with Gasteiger partial charge in [-0.25, -0.2) is 4.79 Å². The Hall–Kier alpha value is -2.55. The molecule has 9 heteroatoms. The maximum atomic E-state index is 12.8. The van der Waals surface area contributed by atoms with Crippen molar-refractivity contribution in [1.29, 1.82) is 0 Å². The van der Waals surface area contributed by atoms with Crippen LogP contribution in [0.3, 0.4) is 0 Å². The van der Waals surface area contributed by atoms with E-state index in [1.54, 1.807) is 44.2 Å². The molecule has 1 aromatic carbocycles. The number of hydrogen-bond acceptors (Lipinski definition) is 5. The summed E-state index contributed by atoms with van der Waals surface area (Å²) >= 11 is 1.35. The molecule has 2 aliphatic heterocycles. The van der Waals surface area contributed by atoms with Crippen molar-refractivity contribution in [1.82, 2.24) is 15.5 Å². The average molecular weight is 391 g/mol. The molecule has 2 unspecified atom stereocenters. The molecule has 0 aliphatic carbocycles. The molecule has 2 fully saturated rings. The second kappa shape index (κ2) is 6.88. The van der Waals surface area contributed by atoms with E-state index in [2.05, 4.69) is 10.6 Å².